The van der Waals surface area contributed by atoms with Gasteiger partial charge in [0.1, 0.15) is 0 Å². The van der Waals surface area contributed by atoms with Crippen LogP contribution in [0.5, 0.6) is 0 Å². The molecular weight excluding hydrogens is 242 g/mol. The van der Waals surface area contributed by atoms with Crippen LogP contribution in [0.15, 0.2) is 24.3 Å². The number of benzene rings is 1. The molecule has 1 fully saturated rings. The Balaban J connectivity index is 1.86. The minimum atomic E-state index is -0.672. The van der Waals surface area contributed by atoms with Crippen LogP contribution in [0.3, 0.4) is 0 Å². The number of aliphatic hydroxyl groups is 1. The van der Waals surface area contributed by atoms with Crippen LogP contribution in [0, 0.1) is 5.92 Å². The molecule has 4 nitrogen and oxygen atoms in total. The lowest BCUT2D eigenvalue weighted by Gasteiger charge is -2.27. The first-order valence-corrected chi connectivity index (χ1v) is 6.84. The molecule has 1 aliphatic rings. The van der Waals surface area contributed by atoms with E-state index in [0.717, 1.165) is 43.4 Å². The van der Waals surface area contributed by atoms with Gasteiger partial charge in [0.25, 0.3) is 0 Å². The predicted octanol–water partition coefficient (Wildman–Crippen LogP) is 1.91. The molecule has 2 rings (SSSR count). The summed E-state index contributed by atoms with van der Waals surface area (Å²) in [4.78, 5) is 11.0. The Morgan fingerprint density at radius 3 is 2.84 bits per heavy atom. The zero-order valence-electron chi connectivity index (χ0n) is 11.0. The Hall–Kier alpha value is -1.39. The lowest BCUT2D eigenvalue weighted by atomic mass is 9.86. The van der Waals surface area contributed by atoms with Gasteiger partial charge < -0.3 is 15.5 Å². The summed E-state index contributed by atoms with van der Waals surface area (Å²) < 4.78 is 0. The Bertz CT molecular complexity index is 433. The zero-order valence-corrected chi connectivity index (χ0v) is 11.0. The van der Waals surface area contributed by atoms with Crippen LogP contribution in [-0.4, -0.2) is 22.2 Å². The smallest absolute Gasteiger partial charge is 0.306 e. The van der Waals surface area contributed by atoms with E-state index in [2.05, 4.69) is 5.32 Å². The first-order valence-electron chi connectivity index (χ1n) is 6.84. The molecule has 19 heavy (non-hydrogen) atoms. The number of carbonyl (C=O) groups is 1. The van der Waals surface area contributed by atoms with Gasteiger partial charge in [-0.15, -0.1) is 0 Å². The largest absolute Gasteiger partial charge is 0.481 e. The number of rotatable bonds is 5. The standard InChI is InChI=1S/C15H21NO3/c17-10-12-4-1-3-11(7-12)9-16-14-6-2-5-13(8-14)15(18)19/h1,3-4,7,13-14,16-17H,2,5-6,8-10H2,(H,18,19). The molecule has 1 aromatic rings. The van der Waals surface area contributed by atoms with Crippen molar-refractivity contribution in [3.8, 4) is 0 Å². The Kier molecular flexibility index (Phi) is 4.93. The van der Waals surface area contributed by atoms with Crippen molar-refractivity contribution < 1.29 is 15.0 Å². The molecule has 0 saturated heterocycles. The molecule has 0 amide bonds. The molecule has 0 heterocycles. The average Bonchev–Trinajstić information content (AvgIpc) is 2.45. The van der Waals surface area contributed by atoms with E-state index in [-0.39, 0.29) is 18.6 Å². The first-order chi connectivity index (χ1) is 9.19. The molecule has 3 N–H and O–H groups in total. The van der Waals surface area contributed by atoms with E-state index in [1.54, 1.807) is 0 Å². The number of hydrogen-bond donors (Lipinski definition) is 3. The molecule has 1 aliphatic carbocycles. The number of carboxylic acid groups (broad SMARTS) is 1. The summed E-state index contributed by atoms with van der Waals surface area (Å²) in [5.74, 6) is -0.871. The van der Waals surface area contributed by atoms with E-state index in [1.807, 2.05) is 24.3 Å². The monoisotopic (exact) mass is 263 g/mol. The molecule has 2 unspecified atom stereocenters. The van der Waals surface area contributed by atoms with Crippen LogP contribution >= 0.6 is 0 Å². The molecule has 0 aromatic heterocycles. The number of nitrogens with one attached hydrogen (secondary N) is 1. The second-order valence-corrected chi connectivity index (χ2v) is 5.26. The summed E-state index contributed by atoms with van der Waals surface area (Å²) in [5, 5.41) is 21.6. The van der Waals surface area contributed by atoms with Crippen molar-refractivity contribution in [1.29, 1.82) is 0 Å². The van der Waals surface area contributed by atoms with Gasteiger partial charge in [0.05, 0.1) is 12.5 Å². The molecule has 0 radical (unpaired) electrons. The van der Waals surface area contributed by atoms with Crippen LogP contribution in [0.25, 0.3) is 0 Å². The summed E-state index contributed by atoms with van der Waals surface area (Å²) in [6.07, 6.45) is 3.54. The third kappa shape index (κ3) is 4.04. The molecule has 104 valence electrons. The molecule has 2 atom stereocenters. The minimum Gasteiger partial charge on any atom is -0.481 e. The van der Waals surface area contributed by atoms with Gasteiger partial charge >= 0.3 is 5.97 Å². The quantitative estimate of drug-likeness (QED) is 0.759. The SMILES string of the molecule is O=C(O)C1CCCC(NCc2cccc(CO)c2)C1. The van der Waals surface area contributed by atoms with Crippen molar-refractivity contribution in [1.82, 2.24) is 5.32 Å². The van der Waals surface area contributed by atoms with Gasteiger partial charge in [-0.05, 0) is 30.4 Å². The summed E-state index contributed by atoms with van der Waals surface area (Å²) >= 11 is 0. The zero-order chi connectivity index (χ0) is 13.7. The number of carboxylic acids is 1. The van der Waals surface area contributed by atoms with Crippen molar-refractivity contribution in [3.05, 3.63) is 35.4 Å². The van der Waals surface area contributed by atoms with Crippen molar-refractivity contribution in [2.24, 2.45) is 5.92 Å². The highest BCUT2D eigenvalue weighted by Crippen LogP contribution is 2.24. The van der Waals surface area contributed by atoms with E-state index in [1.165, 1.54) is 0 Å². The van der Waals surface area contributed by atoms with Crippen LogP contribution in [0.1, 0.15) is 36.8 Å². The van der Waals surface area contributed by atoms with Crippen molar-refractivity contribution in [2.45, 2.75) is 44.9 Å². The molecular formula is C15H21NO3. The summed E-state index contributed by atoms with van der Waals surface area (Å²) in [5.41, 5.74) is 2.04. The predicted molar refractivity (Wildman–Crippen MR) is 72.6 cm³/mol. The van der Waals surface area contributed by atoms with Gasteiger partial charge in [0.15, 0.2) is 0 Å². The van der Waals surface area contributed by atoms with E-state index < -0.39 is 5.97 Å². The Morgan fingerprint density at radius 1 is 1.32 bits per heavy atom. The second kappa shape index (κ2) is 6.68. The van der Waals surface area contributed by atoms with E-state index in [9.17, 15) is 4.79 Å². The normalized spacial score (nSPS) is 23.2. The summed E-state index contributed by atoms with van der Waals surface area (Å²) in [7, 11) is 0. The lowest BCUT2D eigenvalue weighted by molar-refractivity contribution is -0.143. The van der Waals surface area contributed by atoms with Crippen LogP contribution < -0.4 is 5.32 Å². The molecule has 0 spiro atoms. The number of aliphatic carboxylic acids is 1. The van der Waals surface area contributed by atoms with E-state index in [0.29, 0.717) is 0 Å². The van der Waals surface area contributed by atoms with Gasteiger partial charge in [0, 0.05) is 12.6 Å². The second-order valence-electron chi connectivity index (χ2n) is 5.26. The van der Waals surface area contributed by atoms with Crippen LogP contribution in [0.4, 0.5) is 0 Å². The van der Waals surface area contributed by atoms with Gasteiger partial charge in [-0.1, -0.05) is 30.7 Å². The van der Waals surface area contributed by atoms with E-state index >= 15 is 0 Å². The molecule has 1 aromatic carbocycles. The lowest BCUT2D eigenvalue weighted by Crippen LogP contribution is -2.36. The van der Waals surface area contributed by atoms with Crippen LogP contribution in [-0.2, 0) is 17.9 Å². The molecule has 0 bridgehead atoms. The molecule has 1 saturated carbocycles. The highest BCUT2D eigenvalue weighted by atomic mass is 16.4. The summed E-state index contributed by atoms with van der Waals surface area (Å²) in [6, 6.07) is 8.11. The van der Waals surface area contributed by atoms with Gasteiger partial charge in [-0.3, -0.25) is 4.79 Å². The maximum Gasteiger partial charge on any atom is 0.306 e. The van der Waals surface area contributed by atoms with Crippen molar-refractivity contribution in [3.63, 3.8) is 0 Å². The molecule has 4 heteroatoms. The maximum absolute atomic E-state index is 11.0. The van der Waals surface area contributed by atoms with Gasteiger partial charge in [-0.25, -0.2) is 0 Å². The van der Waals surface area contributed by atoms with E-state index in [4.69, 9.17) is 10.2 Å². The fraction of sp³-hybridized carbons (Fsp3) is 0.533. The highest BCUT2D eigenvalue weighted by molar-refractivity contribution is 5.70. The van der Waals surface area contributed by atoms with Gasteiger partial charge in [0.2, 0.25) is 0 Å². The fourth-order valence-electron chi connectivity index (χ4n) is 2.70. The third-order valence-corrected chi connectivity index (χ3v) is 3.79. The average molecular weight is 263 g/mol. The van der Waals surface area contributed by atoms with Crippen molar-refractivity contribution in [2.75, 3.05) is 0 Å². The summed E-state index contributed by atoms with van der Waals surface area (Å²) in [6.45, 7) is 0.781. The maximum atomic E-state index is 11.0. The minimum absolute atomic E-state index is 0.0539. The Morgan fingerprint density at radius 2 is 2.11 bits per heavy atom. The fourth-order valence-corrected chi connectivity index (χ4v) is 2.70. The number of aliphatic hydroxyl groups excluding tert-OH is 1. The molecule has 0 aliphatic heterocycles. The van der Waals surface area contributed by atoms with Gasteiger partial charge in [-0.2, -0.15) is 0 Å². The van der Waals surface area contributed by atoms with Crippen LogP contribution in [0.2, 0.25) is 0 Å². The van der Waals surface area contributed by atoms with Crippen molar-refractivity contribution >= 4 is 5.97 Å². The topological polar surface area (TPSA) is 69.6 Å². The highest BCUT2D eigenvalue weighted by Gasteiger charge is 2.26. The Labute approximate surface area is 113 Å². The first kappa shape index (κ1) is 14.0. The number of hydrogen-bond acceptors (Lipinski definition) is 3. The third-order valence-electron chi connectivity index (χ3n) is 3.79.